The van der Waals surface area contributed by atoms with Gasteiger partial charge in [0, 0.05) is 43.8 Å². The third-order valence-electron chi connectivity index (χ3n) is 9.51. The summed E-state index contributed by atoms with van der Waals surface area (Å²) in [7, 11) is 5.39. The van der Waals surface area contributed by atoms with Gasteiger partial charge in [-0.05, 0) is 68.5 Å². The Kier molecular flexibility index (Phi) is 7.00. The van der Waals surface area contributed by atoms with Crippen LogP contribution in [0.5, 0.6) is 23.0 Å². The lowest BCUT2D eigenvalue weighted by molar-refractivity contribution is -0.120. The van der Waals surface area contributed by atoms with Gasteiger partial charge in [-0.2, -0.15) is 5.26 Å². The standard InChI is InChI=1S/C31H38N4O6/c1-15-8-19-9-21-23(11-32)35-22(27(34(21)5)25(19)30(28(15)38-7)39-13-37-6)10-20-16(2)17(3)29-31(41-14-40-29)26(20)24(35)12-33-18(4)36/h8,21-24,27H,9-10,12-14H2,1-7H3,(H,33,36)/t21-,22?,23+,24+,27-/m1/s1. The van der Waals surface area contributed by atoms with Gasteiger partial charge in [0.15, 0.2) is 29.8 Å². The number of hydrogen-bond acceptors (Lipinski definition) is 9. The fourth-order valence-electron chi connectivity index (χ4n) is 7.71. The van der Waals surface area contributed by atoms with Crippen LogP contribution in [0.15, 0.2) is 6.07 Å². The minimum atomic E-state index is -0.411. The molecular formula is C31H38N4O6. The number of amides is 1. The van der Waals surface area contributed by atoms with Crippen molar-refractivity contribution in [1.29, 1.82) is 5.26 Å². The number of piperazine rings is 1. The highest BCUT2D eigenvalue weighted by molar-refractivity contribution is 5.73. The molecule has 218 valence electrons. The normalized spacial score (nSPS) is 26.0. The molecule has 0 saturated carbocycles. The maximum atomic E-state index is 12.2. The lowest BCUT2D eigenvalue weighted by atomic mass is 9.71. The number of benzene rings is 2. The molecule has 1 amide bonds. The summed E-state index contributed by atoms with van der Waals surface area (Å²) < 4.78 is 29.5. The van der Waals surface area contributed by atoms with E-state index in [4.69, 9.17) is 23.7 Å². The van der Waals surface area contributed by atoms with Crippen molar-refractivity contribution in [2.45, 2.75) is 70.7 Å². The molecule has 2 aromatic carbocycles. The summed E-state index contributed by atoms with van der Waals surface area (Å²) in [6.07, 6.45) is 1.39. The first-order valence-electron chi connectivity index (χ1n) is 14.1. The zero-order valence-corrected chi connectivity index (χ0v) is 24.8. The molecule has 5 atom stereocenters. The van der Waals surface area contributed by atoms with Gasteiger partial charge < -0.3 is 29.0 Å². The summed E-state index contributed by atoms with van der Waals surface area (Å²) in [5.41, 5.74) is 7.66. The maximum absolute atomic E-state index is 12.2. The third-order valence-corrected chi connectivity index (χ3v) is 9.51. The topological polar surface area (TPSA) is 106 Å². The van der Waals surface area contributed by atoms with E-state index in [2.05, 4.69) is 48.1 Å². The molecule has 10 nitrogen and oxygen atoms in total. The van der Waals surface area contributed by atoms with Crippen molar-refractivity contribution in [2.75, 3.05) is 41.4 Å². The second-order valence-electron chi connectivity index (χ2n) is 11.5. The first-order chi connectivity index (χ1) is 19.7. The number of hydrogen-bond donors (Lipinski definition) is 1. The van der Waals surface area contributed by atoms with Crippen LogP contribution in [0.4, 0.5) is 0 Å². The number of rotatable bonds is 6. The fraction of sp³-hybridized carbons (Fsp3) is 0.548. The Hall–Kier alpha value is -3.52. The van der Waals surface area contributed by atoms with Crippen molar-refractivity contribution < 1.29 is 28.5 Å². The van der Waals surface area contributed by atoms with Crippen molar-refractivity contribution in [2.24, 2.45) is 0 Å². The zero-order chi connectivity index (χ0) is 29.2. The van der Waals surface area contributed by atoms with Crippen molar-refractivity contribution in [1.82, 2.24) is 15.1 Å². The molecule has 10 heteroatoms. The SMILES string of the molecule is COCOc1c(OC)c(C)cc2c1[C@H]1C3Cc4c(C)c(C)c5c(c4[C@H](CNC(C)=O)N3[C@@H](C#N)[C@@H](C2)N1C)OCO5. The molecule has 1 saturated heterocycles. The number of carbonyl (C=O) groups excluding carboxylic acids is 1. The van der Waals surface area contributed by atoms with Crippen LogP contribution in [-0.2, 0) is 22.4 Å². The van der Waals surface area contributed by atoms with E-state index in [0.29, 0.717) is 30.9 Å². The van der Waals surface area contributed by atoms with E-state index in [1.54, 1.807) is 14.2 Å². The van der Waals surface area contributed by atoms with Crippen LogP contribution in [0.25, 0.3) is 0 Å². The quantitative estimate of drug-likeness (QED) is 0.531. The Balaban J connectivity index is 1.60. The molecule has 41 heavy (non-hydrogen) atoms. The van der Waals surface area contributed by atoms with Crippen LogP contribution in [0.1, 0.15) is 58.0 Å². The number of fused-ring (bicyclic) bond motifs is 9. The van der Waals surface area contributed by atoms with Gasteiger partial charge in [0.05, 0.1) is 25.3 Å². The highest BCUT2D eigenvalue weighted by Gasteiger charge is 2.56. The van der Waals surface area contributed by atoms with Gasteiger partial charge in [0.1, 0.15) is 6.04 Å². The Morgan fingerprint density at radius 3 is 2.54 bits per heavy atom. The molecule has 1 unspecified atom stereocenters. The van der Waals surface area contributed by atoms with Crippen molar-refractivity contribution in [3.8, 4) is 29.1 Å². The molecule has 2 aromatic rings. The van der Waals surface area contributed by atoms with E-state index in [-0.39, 0.29) is 43.7 Å². The van der Waals surface area contributed by atoms with Gasteiger partial charge in [0.25, 0.3) is 0 Å². The summed E-state index contributed by atoms with van der Waals surface area (Å²) in [6, 6.07) is 3.94. The third kappa shape index (κ3) is 4.05. The predicted molar refractivity (Wildman–Crippen MR) is 150 cm³/mol. The molecule has 4 aliphatic heterocycles. The van der Waals surface area contributed by atoms with Crippen LogP contribution in [-0.4, -0.2) is 75.2 Å². The summed E-state index contributed by atoms with van der Waals surface area (Å²) in [5, 5.41) is 13.8. The van der Waals surface area contributed by atoms with Crippen LogP contribution >= 0.6 is 0 Å². The summed E-state index contributed by atoms with van der Waals surface area (Å²) in [6.45, 7) is 8.36. The smallest absolute Gasteiger partial charge is 0.231 e. The average molecular weight is 563 g/mol. The summed E-state index contributed by atoms with van der Waals surface area (Å²) in [5.74, 6) is 2.77. The number of nitriles is 1. The molecule has 0 aliphatic carbocycles. The van der Waals surface area contributed by atoms with E-state index in [1.807, 2.05) is 6.92 Å². The average Bonchev–Trinajstić information content (AvgIpc) is 3.43. The number of nitrogens with one attached hydrogen (secondary N) is 1. The van der Waals surface area contributed by atoms with Crippen molar-refractivity contribution >= 4 is 5.91 Å². The van der Waals surface area contributed by atoms with Gasteiger partial charge in [-0.1, -0.05) is 6.07 Å². The molecule has 0 aromatic heterocycles. The van der Waals surface area contributed by atoms with E-state index in [0.717, 1.165) is 39.3 Å². The molecule has 0 spiro atoms. The van der Waals surface area contributed by atoms with Crippen LogP contribution < -0.4 is 24.3 Å². The van der Waals surface area contributed by atoms with Crippen molar-refractivity contribution in [3.63, 3.8) is 0 Å². The second-order valence-corrected chi connectivity index (χ2v) is 11.5. The Morgan fingerprint density at radius 1 is 1.10 bits per heavy atom. The van der Waals surface area contributed by atoms with Crippen LogP contribution in [0.2, 0.25) is 0 Å². The Morgan fingerprint density at radius 2 is 1.85 bits per heavy atom. The number of ether oxygens (including phenoxy) is 5. The monoisotopic (exact) mass is 562 g/mol. The summed E-state index contributed by atoms with van der Waals surface area (Å²) in [4.78, 5) is 16.9. The maximum Gasteiger partial charge on any atom is 0.231 e. The predicted octanol–water partition coefficient (Wildman–Crippen LogP) is 3.24. The highest BCUT2D eigenvalue weighted by Crippen LogP contribution is 2.57. The first-order valence-corrected chi connectivity index (χ1v) is 14.1. The first kappa shape index (κ1) is 27.6. The highest BCUT2D eigenvalue weighted by atomic mass is 16.7. The largest absolute Gasteiger partial charge is 0.493 e. The minimum absolute atomic E-state index is 0.0602. The van der Waals surface area contributed by atoms with E-state index >= 15 is 0 Å². The van der Waals surface area contributed by atoms with Crippen molar-refractivity contribution in [3.05, 3.63) is 45.0 Å². The molecule has 2 bridgehead atoms. The molecule has 0 radical (unpaired) electrons. The zero-order valence-electron chi connectivity index (χ0n) is 24.8. The van der Waals surface area contributed by atoms with Gasteiger partial charge in [-0.3, -0.25) is 14.6 Å². The number of carbonyl (C=O) groups is 1. The molecular weight excluding hydrogens is 524 g/mol. The molecule has 4 aliphatic rings. The number of methoxy groups -OCH3 is 2. The molecule has 1 N–H and O–H groups in total. The molecule has 6 rings (SSSR count). The number of nitrogens with zero attached hydrogens (tertiary/aromatic N) is 3. The van der Waals surface area contributed by atoms with Crippen LogP contribution in [0.3, 0.4) is 0 Å². The molecule has 1 fully saturated rings. The summed E-state index contributed by atoms with van der Waals surface area (Å²) >= 11 is 0. The van der Waals surface area contributed by atoms with Gasteiger partial charge in [-0.15, -0.1) is 0 Å². The Labute approximate surface area is 241 Å². The molecule has 4 heterocycles. The minimum Gasteiger partial charge on any atom is -0.493 e. The van der Waals surface area contributed by atoms with Crippen LogP contribution in [0, 0.1) is 32.1 Å². The van der Waals surface area contributed by atoms with E-state index in [1.165, 1.54) is 18.1 Å². The van der Waals surface area contributed by atoms with Gasteiger partial charge >= 0.3 is 0 Å². The lowest BCUT2D eigenvalue weighted by Gasteiger charge is -2.60. The Bertz CT molecular complexity index is 1450. The van der Waals surface area contributed by atoms with Gasteiger partial charge in [0.2, 0.25) is 12.7 Å². The van der Waals surface area contributed by atoms with Gasteiger partial charge in [-0.25, -0.2) is 0 Å². The second kappa shape index (κ2) is 10.4. The fourth-order valence-corrected chi connectivity index (χ4v) is 7.71. The number of aryl methyl sites for hydroxylation is 1. The van der Waals surface area contributed by atoms with E-state index in [9.17, 15) is 10.1 Å². The van der Waals surface area contributed by atoms with E-state index < -0.39 is 6.04 Å². The number of likely N-dealkylation sites (N-methyl/N-ethyl adjacent to an activating group) is 1. The lowest BCUT2D eigenvalue weighted by Crippen LogP contribution is -2.68.